The fraction of sp³-hybridized carbons (Fsp3) is 0.531. The van der Waals surface area contributed by atoms with Crippen molar-refractivity contribution in [2.45, 2.75) is 90.4 Å². The largest absolute Gasteiger partial charge is 0.491 e. The van der Waals surface area contributed by atoms with E-state index in [1.165, 1.54) is 18.2 Å². The second-order valence-corrected chi connectivity index (χ2v) is 18.4. The minimum absolute atomic E-state index is 0.0583. The van der Waals surface area contributed by atoms with Crippen LogP contribution < -0.4 is 4.74 Å². The first-order valence-electron chi connectivity index (χ1n) is 14.5. The van der Waals surface area contributed by atoms with Gasteiger partial charge in [0.15, 0.2) is 8.32 Å². The van der Waals surface area contributed by atoms with E-state index in [1.54, 1.807) is 9.80 Å². The molecule has 2 amide bonds. The molecule has 0 aliphatic carbocycles. The Morgan fingerprint density at radius 1 is 1.07 bits per heavy atom. The van der Waals surface area contributed by atoms with Crippen molar-refractivity contribution in [3.63, 3.8) is 0 Å². The topological polar surface area (TPSA) is 106 Å². The van der Waals surface area contributed by atoms with Gasteiger partial charge in [0.2, 0.25) is 0 Å². The number of ether oxygens (including phenoxy) is 2. The molecule has 0 fully saturated rings. The molecule has 0 saturated heterocycles. The molecule has 0 bridgehead atoms. The van der Waals surface area contributed by atoms with E-state index >= 15 is 0 Å². The molecule has 2 unspecified atom stereocenters. The quantitative estimate of drug-likeness (QED) is 0.410. The van der Waals surface area contributed by atoms with Gasteiger partial charge in [0.1, 0.15) is 18.0 Å². The lowest BCUT2D eigenvalue weighted by molar-refractivity contribution is -0.0150. The molecule has 2 aromatic rings. The minimum Gasteiger partial charge on any atom is -0.491 e. The zero-order valence-corrected chi connectivity index (χ0v) is 27.0. The molecule has 42 heavy (non-hydrogen) atoms. The molecule has 10 heteroatoms. The van der Waals surface area contributed by atoms with Crippen LogP contribution in [0.15, 0.2) is 42.5 Å². The third-order valence-electron chi connectivity index (χ3n) is 8.36. The summed E-state index contributed by atoms with van der Waals surface area (Å²) in [5.74, 6) is -1.09. The Kier molecular flexibility index (Phi) is 8.81. The molecule has 1 N–H and O–H groups in total. The van der Waals surface area contributed by atoms with Crippen molar-refractivity contribution >= 4 is 26.3 Å². The van der Waals surface area contributed by atoms with E-state index in [0.29, 0.717) is 25.1 Å². The average molecular weight is 597 g/mol. The van der Waals surface area contributed by atoms with Gasteiger partial charge in [-0.25, -0.2) is 9.59 Å². The number of carboxylic acids is 1. The number of rotatable bonds is 6. The molecule has 0 spiro atoms. The van der Waals surface area contributed by atoms with Gasteiger partial charge in [0, 0.05) is 13.1 Å². The standard InChI is InChI=1S/C32H44N2O7Si/c1-31(2,3)40-30(38)34-19-23-12-10-9-11-21(23)17-25(34)27(41-42(7,8)32(4,5)6)20-33-15-16-39-26-18-22(29(36)37)13-14-24(26)28(33)35/h9-14,18,25,27H,15-17,19-20H2,1-8H3,(H,36,37). The molecule has 0 saturated carbocycles. The van der Waals surface area contributed by atoms with Crippen molar-refractivity contribution in [1.82, 2.24) is 9.80 Å². The van der Waals surface area contributed by atoms with Crippen molar-refractivity contribution in [2.24, 2.45) is 0 Å². The molecular weight excluding hydrogens is 552 g/mol. The number of carbonyl (C=O) groups excluding carboxylic acids is 2. The highest BCUT2D eigenvalue weighted by atomic mass is 28.4. The predicted molar refractivity (Wildman–Crippen MR) is 163 cm³/mol. The van der Waals surface area contributed by atoms with Crippen molar-refractivity contribution in [3.8, 4) is 5.75 Å². The van der Waals surface area contributed by atoms with Crippen molar-refractivity contribution in [1.29, 1.82) is 0 Å². The highest BCUT2D eigenvalue weighted by Crippen LogP contribution is 2.39. The van der Waals surface area contributed by atoms with Gasteiger partial charge in [-0.2, -0.15) is 0 Å². The van der Waals surface area contributed by atoms with Crippen LogP contribution in [0.4, 0.5) is 4.79 Å². The van der Waals surface area contributed by atoms with Crippen molar-refractivity contribution in [3.05, 3.63) is 64.7 Å². The molecule has 4 rings (SSSR count). The van der Waals surface area contributed by atoms with Gasteiger partial charge in [-0.15, -0.1) is 0 Å². The summed E-state index contributed by atoms with van der Waals surface area (Å²) >= 11 is 0. The monoisotopic (exact) mass is 596 g/mol. The lowest BCUT2D eigenvalue weighted by Gasteiger charge is -2.47. The number of fused-ring (bicyclic) bond motifs is 2. The summed E-state index contributed by atoms with van der Waals surface area (Å²) in [6, 6.07) is 12.0. The van der Waals surface area contributed by atoms with Gasteiger partial charge in [0.25, 0.3) is 5.91 Å². The molecule has 2 heterocycles. The maximum absolute atomic E-state index is 13.8. The molecule has 2 atom stereocenters. The van der Waals surface area contributed by atoms with Crippen LogP contribution in [0.1, 0.15) is 73.4 Å². The van der Waals surface area contributed by atoms with Gasteiger partial charge >= 0.3 is 12.1 Å². The smallest absolute Gasteiger partial charge is 0.410 e. The Balaban J connectivity index is 1.74. The van der Waals surface area contributed by atoms with Gasteiger partial charge in [-0.3, -0.25) is 9.69 Å². The summed E-state index contributed by atoms with van der Waals surface area (Å²) in [6.45, 7) is 17.5. The molecule has 228 valence electrons. The summed E-state index contributed by atoms with van der Waals surface area (Å²) in [6.07, 6.45) is -0.357. The van der Waals surface area contributed by atoms with Gasteiger partial charge in [-0.1, -0.05) is 45.0 Å². The number of aromatic carboxylic acids is 1. The first-order valence-corrected chi connectivity index (χ1v) is 17.4. The summed E-state index contributed by atoms with van der Waals surface area (Å²) in [4.78, 5) is 42.5. The van der Waals surface area contributed by atoms with Crippen LogP contribution in [0.25, 0.3) is 0 Å². The van der Waals surface area contributed by atoms with Gasteiger partial charge in [0.05, 0.1) is 29.8 Å². The lowest BCUT2D eigenvalue weighted by atomic mass is 9.91. The number of carboxylic acid groups (broad SMARTS) is 1. The summed E-state index contributed by atoms with van der Waals surface area (Å²) in [5, 5.41) is 9.30. The number of nitrogens with zero attached hydrogens (tertiary/aromatic N) is 2. The van der Waals surface area contributed by atoms with E-state index in [4.69, 9.17) is 13.9 Å². The van der Waals surface area contributed by atoms with Crippen molar-refractivity contribution < 1.29 is 33.4 Å². The zero-order chi connectivity index (χ0) is 31.0. The molecule has 2 aliphatic rings. The second-order valence-electron chi connectivity index (χ2n) is 13.7. The third-order valence-corrected chi connectivity index (χ3v) is 12.9. The maximum Gasteiger partial charge on any atom is 0.410 e. The van der Waals surface area contributed by atoms with Crippen LogP contribution in [0, 0.1) is 0 Å². The van der Waals surface area contributed by atoms with E-state index in [9.17, 15) is 19.5 Å². The zero-order valence-electron chi connectivity index (χ0n) is 26.0. The van der Waals surface area contributed by atoms with E-state index in [-0.39, 0.29) is 41.5 Å². The fourth-order valence-corrected chi connectivity index (χ4v) is 6.42. The Morgan fingerprint density at radius 3 is 2.36 bits per heavy atom. The Bertz CT molecular complexity index is 1350. The Labute approximate surface area is 249 Å². The molecular formula is C32H44N2O7Si. The van der Waals surface area contributed by atoms with Crippen LogP contribution in [0.3, 0.4) is 0 Å². The average Bonchev–Trinajstić information content (AvgIpc) is 3.03. The molecule has 2 aliphatic heterocycles. The van der Waals surface area contributed by atoms with E-state index in [1.807, 2.05) is 39.0 Å². The molecule has 9 nitrogen and oxygen atoms in total. The fourth-order valence-electron chi connectivity index (χ4n) is 5.07. The first kappa shape index (κ1) is 31.6. The third kappa shape index (κ3) is 6.98. The van der Waals surface area contributed by atoms with Crippen LogP contribution in [-0.4, -0.2) is 78.6 Å². The van der Waals surface area contributed by atoms with Crippen molar-refractivity contribution in [2.75, 3.05) is 19.7 Å². The molecule has 0 aromatic heterocycles. The first-order chi connectivity index (χ1) is 19.5. The molecule has 0 radical (unpaired) electrons. The second kappa shape index (κ2) is 11.7. The number of hydrogen-bond acceptors (Lipinski definition) is 6. The minimum atomic E-state index is -2.38. The Hall–Kier alpha value is -3.37. The number of hydrogen-bond donors (Lipinski definition) is 1. The van der Waals surface area contributed by atoms with Gasteiger partial charge < -0.3 is 23.9 Å². The van der Waals surface area contributed by atoms with E-state index in [2.05, 4.69) is 39.9 Å². The Morgan fingerprint density at radius 2 is 1.74 bits per heavy atom. The van der Waals surface area contributed by atoms with Crippen LogP contribution >= 0.6 is 0 Å². The number of amides is 2. The summed E-state index contributed by atoms with van der Waals surface area (Å²) < 4.78 is 18.8. The number of benzene rings is 2. The van der Waals surface area contributed by atoms with Gasteiger partial charge in [-0.05, 0) is 74.7 Å². The number of carbonyl (C=O) groups is 3. The lowest BCUT2D eigenvalue weighted by Crippen LogP contribution is -2.59. The normalized spacial score (nSPS) is 18.4. The summed E-state index contributed by atoms with van der Waals surface area (Å²) in [7, 11) is -2.38. The highest BCUT2D eigenvalue weighted by Gasteiger charge is 2.45. The highest BCUT2D eigenvalue weighted by molar-refractivity contribution is 6.74. The van der Waals surface area contributed by atoms with E-state index < -0.39 is 32.1 Å². The SMILES string of the molecule is CC(C)(C)OC(=O)N1Cc2ccccc2CC1C(CN1CCOc2cc(C(=O)O)ccc2C1=O)O[Si](C)(C)C(C)(C)C. The maximum atomic E-state index is 13.8. The van der Waals surface area contributed by atoms with E-state index in [0.717, 1.165) is 11.1 Å². The molecule has 2 aromatic carbocycles. The summed E-state index contributed by atoms with van der Waals surface area (Å²) in [5.41, 5.74) is 1.89. The van der Waals surface area contributed by atoms with Crippen LogP contribution in [-0.2, 0) is 22.1 Å². The van der Waals surface area contributed by atoms with Crippen LogP contribution in [0.2, 0.25) is 18.1 Å². The van der Waals surface area contributed by atoms with Crippen LogP contribution in [0.5, 0.6) is 5.75 Å². The predicted octanol–water partition coefficient (Wildman–Crippen LogP) is 5.97.